The number of halogens is 3. The molecule has 0 amide bonds. The third-order valence-corrected chi connectivity index (χ3v) is 4.95. The second kappa shape index (κ2) is 6.24. The van der Waals surface area contributed by atoms with Crippen LogP contribution < -0.4 is 5.73 Å². The van der Waals surface area contributed by atoms with Crippen molar-refractivity contribution in [2.45, 2.75) is 51.7 Å². The van der Waals surface area contributed by atoms with Crippen LogP contribution in [0.4, 0.5) is 13.2 Å². The van der Waals surface area contributed by atoms with Gasteiger partial charge in [-0.25, -0.2) is 4.68 Å². The molecule has 1 aromatic carbocycles. The predicted molar refractivity (Wildman–Crippen MR) is 86.9 cm³/mol. The van der Waals surface area contributed by atoms with Crippen molar-refractivity contribution in [1.82, 2.24) is 9.78 Å². The van der Waals surface area contributed by atoms with E-state index in [9.17, 15) is 13.2 Å². The topological polar surface area (TPSA) is 43.8 Å². The molecule has 2 N–H and O–H groups in total. The van der Waals surface area contributed by atoms with Crippen molar-refractivity contribution < 1.29 is 13.2 Å². The van der Waals surface area contributed by atoms with Crippen molar-refractivity contribution in [2.75, 3.05) is 0 Å². The quantitative estimate of drug-likeness (QED) is 0.882. The first-order valence-electron chi connectivity index (χ1n) is 8.26. The standard InChI is InChI=1S/C18H22F3N3/c1-11-7-14(16(22)13-5-3-4-6-13)8-12(2)17(11)24-10-15(9-23-24)18(19,20)21/h7-10,13,16H,3-6,22H2,1-2H3. The molecule has 2 aromatic rings. The predicted octanol–water partition coefficient (Wildman–Crippen LogP) is 4.70. The fourth-order valence-corrected chi connectivity index (χ4v) is 3.72. The highest BCUT2D eigenvalue weighted by Gasteiger charge is 2.32. The van der Waals surface area contributed by atoms with Crippen molar-refractivity contribution in [3.05, 3.63) is 46.8 Å². The van der Waals surface area contributed by atoms with E-state index >= 15 is 0 Å². The van der Waals surface area contributed by atoms with Gasteiger partial charge in [-0.3, -0.25) is 0 Å². The van der Waals surface area contributed by atoms with Gasteiger partial charge in [-0.1, -0.05) is 25.0 Å². The number of alkyl halides is 3. The zero-order valence-electron chi connectivity index (χ0n) is 13.9. The van der Waals surface area contributed by atoms with E-state index < -0.39 is 11.7 Å². The Kier molecular flexibility index (Phi) is 4.42. The number of hydrogen-bond donors (Lipinski definition) is 1. The molecule has 3 rings (SSSR count). The molecular weight excluding hydrogens is 315 g/mol. The second-order valence-electron chi connectivity index (χ2n) is 6.74. The maximum absolute atomic E-state index is 12.8. The van der Waals surface area contributed by atoms with E-state index in [4.69, 9.17) is 5.73 Å². The lowest BCUT2D eigenvalue weighted by molar-refractivity contribution is -0.137. The van der Waals surface area contributed by atoms with E-state index in [-0.39, 0.29) is 6.04 Å². The molecule has 1 heterocycles. The minimum atomic E-state index is -4.38. The van der Waals surface area contributed by atoms with Crippen LogP contribution in [0.1, 0.15) is 54.0 Å². The molecule has 1 aliphatic carbocycles. The van der Waals surface area contributed by atoms with Crippen molar-refractivity contribution in [3.8, 4) is 5.69 Å². The normalized spacial score (nSPS) is 17.4. The Morgan fingerprint density at radius 2 is 1.75 bits per heavy atom. The summed E-state index contributed by atoms with van der Waals surface area (Å²) in [7, 11) is 0. The summed E-state index contributed by atoms with van der Waals surface area (Å²) in [5, 5.41) is 3.89. The molecule has 6 heteroatoms. The smallest absolute Gasteiger partial charge is 0.324 e. The van der Waals surface area contributed by atoms with Crippen molar-refractivity contribution in [2.24, 2.45) is 11.7 Å². The third kappa shape index (κ3) is 3.20. The van der Waals surface area contributed by atoms with E-state index in [1.807, 2.05) is 26.0 Å². The lowest BCUT2D eigenvalue weighted by Crippen LogP contribution is -2.19. The molecule has 1 atom stereocenters. The monoisotopic (exact) mass is 337 g/mol. The maximum atomic E-state index is 12.8. The van der Waals surface area contributed by atoms with Gasteiger partial charge in [0.2, 0.25) is 0 Å². The summed E-state index contributed by atoms with van der Waals surface area (Å²) in [6.45, 7) is 3.78. The van der Waals surface area contributed by atoms with Gasteiger partial charge in [-0.15, -0.1) is 0 Å². The average Bonchev–Trinajstić information content (AvgIpc) is 3.16. The van der Waals surface area contributed by atoms with Crippen LogP contribution in [-0.4, -0.2) is 9.78 Å². The summed E-state index contributed by atoms with van der Waals surface area (Å²) in [5.41, 5.74) is 9.19. The highest BCUT2D eigenvalue weighted by atomic mass is 19.4. The first-order valence-corrected chi connectivity index (χ1v) is 8.26. The summed E-state index contributed by atoms with van der Waals surface area (Å²) in [5.74, 6) is 0.496. The molecule has 0 bridgehead atoms. The number of aryl methyl sites for hydroxylation is 2. The van der Waals surface area contributed by atoms with Crippen LogP contribution >= 0.6 is 0 Å². The Bertz CT molecular complexity index is 704. The largest absolute Gasteiger partial charge is 0.419 e. The van der Waals surface area contributed by atoms with E-state index in [1.165, 1.54) is 17.5 Å². The first-order chi connectivity index (χ1) is 11.3. The van der Waals surface area contributed by atoms with Crippen LogP contribution in [0.5, 0.6) is 0 Å². The van der Waals surface area contributed by atoms with Gasteiger partial charge in [-0.2, -0.15) is 18.3 Å². The molecule has 24 heavy (non-hydrogen) atoms. The lowest BCUT2D eigenvalue weighted by atomic mass is 9.90. The van der Waals surface area contributed by atoms with Gasteiger partial charge in [0, 0.05) is 12.2 Å². The Hall–Kier alpha value is -1.82. The fourth-order valence-electron chi connectivity index (χ4n) is 3.72. The molecule has 1 saturated carbocycles. The summed E-state index contributed by atoms with van der Waals surface area (Å²) in [6.07, 6.45) is 2.25. The van der Waals surface area contributed by atoms with E-state index in [1.54, 1.807) is 0 Å². The molecule has 3 nitrogen and oxygen atoms in total. The number of nitrogens with two attached hydrogens (primary N) is 1. The number of rotatable bonds is 3. The number of hydrogen-bond acceptors (Lipinski definition) is 2. The minimum absolute atomic E-state index is 0.0118. The van der Waals surface area contributed by atoms with Crippen molar-refractivity contribution in [3.63, 3.8) is 0 Å². The fraction of sp³-hybridized carbons (Fsp3) is 0.500. The summed E-state index contributed by atoms with van der Waals surface area (Å²) >= 11 is 0. The molecule has 0 aliphatic heterocycles. The zero-order chi connectivity index (χ0) is 17.5. The molecule has 1 aliphatic rings. The molecule has 130 valence electrons. The molecule has 0 radical (unpaired) electrons. The van der Waals surface area contributed by atoms with Crippen LogP contribution in [0.25, 0.3) is 5.69 Å². The Morgan fingerprint density at radius 3 is 2.25 bits per heavy atom. The lowest BCUT2D eigenvalue weighted by Gasteiger charge is -2.22. The Balaban J connectivity index is 1.94. The number of benzene rings is 1. The third-order valence-electron chi connectivity index (χ3n) is 4.95. The first kappa shape index (κ1) is 17.0. The van der Waals surface area contributed by atoms with Gasteiger partial charge in [0.05, 0.1) is 17.4 Å². The van der Waals surface area contributed by atoms with Crippen LogP contribution in [0.15, 0.2) is 24.5 Å². The number of aromatic nitrogens is 2. The van der Waals surface area contributed by atoms with E-state index in [0.29, 0.717) is 11.6 Å². The molecule has 0 spiro atoms. The van der Waals surface area contributed by atoms with Crippen LogP contribution in [0.2, 0.25) is 0 Å². The van der Waals surface area contributed by atoms with E-state index in [2.05, 4.69) is 5.10 Å². The Morgan fingerprint density at radius 1 is 1.17 bits per heavy atom. The molecule has 1 fully saturated rings. The molecular formula is C18H22F3N3. The number of nitrogens with zero attached hydrogens (tertiary/aromatic N) is 2. The van der Waals surface area contributed by atoms with Crippen LogP contribution in [-0.2, 0) is 6.18 Å². The van der Waals surface area contributed by atoms with Gasteiger partial charge < -0.3 is 5.73 Å². The van der Waals surface area contributed by atoms with E-state index in [0.717, 1.165) is 41.9 Å². The van der Waals surface area contributed by atoms with Gasteiger partial charge >= 0.3 is 6.18 Å². The van der Waals surface area contributed by atoms with Crippen LogP contribution in [0.3, 0.4) is 0 Å². The molecule has 1 unspecified atom stereocenters. The SMILES string of the molecule is Cc1cc(C(N)C2CCCC2)cc(C)c1-n1cc(C(F)(F)F)cn1. The van der Waals surface area contributed by atoms with Crippen LogP contribution in [0, 0.1) is 19.8 Å². The summed E-state index contributed by atoms with van der Waals surface area (Å²) in [4.78, 5) is 0. The highest BCUT2D eigenvalue weighted by Crippen LogP contribution is 2.36. The highest BCUT2D eigenvalue weighted by molar-refractivity contribution is 5.50. The van der Waals surface area contributed by atoms with Crippen molar-refractivity contribution >= 4 is 0 Å². The van der Waals surface area contributed by atoms with Gasteiger partial charge in [0.25, 0.3) is 0 Å². The molecule has 1 aromatic heterocycles. The average molecular weight is 337 g/mol. The Labute approximate surface area is 139 Å². The van der Waals surface area contributed by atoms with Crippen molar-refractivity contribution in [1.29, 1.82) is 0 Å². The maximum Gasteiger partial charge on any atom is 0.419 e. The van der Waals surface area contributed by atoms with Gasteiger partial charge in [0.15, 0.2) is 0 Å². The summed E-state index contributed by atoms with van der Waals surface area (Å²) < 4.78 is 39.7. The second-order valence-corrected chi connectivity index (χ2v) is 6.74. The minimum Gasteiger partial charge on any atom is -0.324 e. The van der Waals surface area contributed by atoms with Gasteiger partial charge in [-0.05, 0) is 49.3 Å². The zero-order valence-corrected chi connectivity index (χ0v) is 13.9. The summed E-state index contributed by atoms with van der Waals surface area (Å²) in [6, 6.07) is 3.96. The molecule has 0 saturated heterocycles. The van der Waals surface area contributed by atoms with Gasteiger partial charge in [0.1, 0.15) is 0 Å².